The highest BCUT2D eigenvalue weighted by molar-refractivity contribution is 5.81. The first-order valence-electron chi connectivity index (χ1n) is 7.54. The van der Waals surface area contributed by atoms with Crippen LogP contribution in [0.15, 0.2) is 24.3 Å². The molecule has 3 fully saturated rings. The van der Waals surface area contributed by atoms with Gasteiger partial charge in [-0.3, -0.25) is 10.1 Å². The van der Waals surface area contributed by atoms with Gasteiger partial charge >= 0.3 is 0 Å². The van der Waals surface area contributed by atoms with Crippen LogP contribution in [-0.2, 0) is 4.79 Å². The highest BCUT2D eigenvalue weighted by atomic mass is 19.1. The zero-order valence-electron chi connectivity index (χ0n) is 11.4. The van der Waals surface area contributed by atoms with Gasteiger partial charge in [0, 0.05) is 11.6 Å². The summed E-state index contributed by atoms with van der Waals surface area (Å²) in [5.74, 6) is 1.18. The summed E-state index contributed by atoms with van der Waals surface area (Å²) in [7, 11) is 0. The second-order valence-corrected chi connectivity index (χ2v) is 6.27. The molecule has 20 heavy (non-hydrogen) atoms. The fraction of sp³-hybridized carbons (Fsp3) is 0.562. The van der Waals surface area contributed by atoms with Gasteiger partial charge in [-0.1, -0.05) is 18.2 Å². The molecular formula is C16H19FN2O. The first-order chi connectivity index (χ1) is 9.75. The first-order valence-corrected chi connectivity index (χ1v) is 7.54. The van der Waals surface area contributed by atoms with Crippen LogP contribution in [-0.4, -0.2) is 23.4 Å². The first kappa shape index (κ1) is 12.3. The topological polar surface area (TPSA) is 32.3 Å². The average Bonchev–Trinajstić information content (AvgIpc) is 3.34. The van der Waals surface area contributed by atoms with Gasteiger partial charge in [-0.2, -0.15) is 0 Å². The van der Waals surface area contributed by atoms with Crippen LogP contribution in [0.4, 0.5) is 4.39 Å². The Balaban J connectivity index is 1.68. The molecule has 4 rings (SSSR count). The Morgan fingerprint density at radius 1 is 1.15 bits per heavy atom. The van der Waals surface area contributed by atoms with E-state index in [1.54, 1.807) is 12.1 Å². The molecule has 4 heteroatoms. The molecule has 1 N–H and O–H groups in total. The van der Waals surface area contributed by atoms with E-state index < -0.39 is 0 Å². The molecule has 0 radical (unpaired) electrons. The Hall–Kier alpha value is -1.42. The van der Waals surface area contributed by atoms with Gasteiger partial charge in [-0.15, -0.1) is 0 Å². The lowest BCUT2D eigenvalue weighted by atomic mass is 10.0. The van der Waals surface area contributed by atoms with Crippen LogP contribution in [0.25, 0.3) is 0 Å². The van der Waals surface area contributed by atoms with Crippen LogP contribution in [0.3, 0.4) is 0 Å². The molecule has 2 aliphatic carbocycles. The van der Waals surface area contributed by atoms with E-state index in [0.717, 1.165) is 0 Å². The van der Waals surface area contributed by atoms with Gasteiger partial charge in [0.05, 0.1) is 6.54 Å². The number of hydrogen-bond donors (Lipinski definition) is 1. The van der Waals surface area contributed by atoms with Crippen LogP contribution in [0.1, 0.15) is 37.4 Å². The summed E-state index contributed by atoms with van der Waals surface area (Å²) in [6.07, 6.45) is 4.59. The van der Waals surface area contributed by atoms with Crippen LogP contribution >= 0.6 is 0 Å². The summed E-state index contributed by atoms with van der Waals surface area (Å²) < 4.78 is 14.1. The van der Waals surface area contributed by atoms with Gasteiger partial charge in [-0.05, 0) is 43.6 Å². The van der Waals surface area contributed by atoms with Gasteiger partial charge in [0.15, 0.2) is 0 Å². The minimum atomic E-state index is -0.282. The predicted octanol–water partition coefficient (Wildman–Crippen LogP) is 2.44. The van der Waals surface area contributed by atoms with E-state index in [1.165, 1.54) is 31.7 Å². The van der Waals surface area contributed by atoms with Crippen molar-refractivity contribution in [1.29, 1.82) is 0 Å². The summed E-state index contributed by atoms with van der Waals surface area (Å²) in [6, 6.07) is 7.11. The fourth-order valence-electron chi connectivity index (χ4n) is 3.53. The number of nitrogens with zero attached hydrogens (tertiary/aromatic N) is 1. The second kappa shape index (κ2) is 4.55. The fourth-order valence-corrected chi connectivity index (χ4v) is 3.53. The zero-order valence-corrected chi connectivity index (χ0v) is 11.4. The Morgan fingerprint density at radius 2 is 1.80 bits per heavy atom. The molecule has 0 aromatic heterocycles. The van der Waals surface area contributed by atoms with Crippen molar-refractivity contribution >= 4 is 5.91 Å². The van der Waals surface area contributed by atoms with E-state index in [9.17, 15) is 9.18 Å². The molecule has 0 spiro atoms. The van der Waals surface area contributed by atoms with Crippen LogP contribution in [0.2, 0.25) is 0 Å². The molecule has 2 saturated carbocycles. The number of amides is 1. The molecule has 0 bridgehead atoms. The monoisotopic (exact) mass is 274 g/mol. The van der Waals surface area contributed by atoms with E-state index in [0.29, 0.717) is 30.0 Å². The van der Waals surface area contributed by atoms with Crippen LogP contribution in [0, 0.1) is 17.7 Å². The molecule has 1 unspecified atom stereocenters. The molecule has 1 atom stereocenters. The molecule has 106 valence electrons. The third kappa shape index (κ3) is 2.03. The highest BCUT2D eigenvalue weighted by Crippen LogP contribution is 2.49. The van der Waals surface area contributed by atoms with Gasteiger partial charge in [-0.25, -0.2) is 4.39 Å². The third-order valence-corrected chi connectivity index (χ3v) is 4.74. The summed E-state index contributed by atoms with van der Waals surface area (Å²) in [5.41, 5.74) is 0.602. The lowest BCUT2D eigenvalue weighted by molar-refractivity contribution is -0.131. The van der Waals surface area contributed by atoms with Crippen molar-refractivity contribution < 1.29 is 9.18 Å². The number of rotatable bonds is 4. The molecule has 1 amide bonds. The SMILES string of the molecule is O=C1CNC(c2ccccc2F)N1C(C1CC1)C1CC1. The molecule has 3 aliphatic rings. The highest BCUT2D eigenvalue weighted by Gasteiger charge is 2.50. The number of carbonyl (C=O) groups excluding carboxylic acids is 1. The minimum Gasteiger partial charge on any atom is -0.318 e. The predicted molar refractivity (Wildman–Crippen MR) is 73.2 cm³/mol. The Kier molecular flexibility index (Phi) is 2.81. The number of nitrogens with one attached hydrogen (secondary N) is 1. The van der Waals surface area contributed by atoms with Crippen molar-refractivity contribution in [3.63, 3.8) is 0 Å². The summed E-state index contributed by atoms with van der Waals surface area (Å²) in [4.78, 5) is 14.3. The van der Waals surface area contributed by atoms with Gasteiger partial charge in [0.2, 0.25) is 5.91 Å². The van der Waals surface area contributed by atoms with Gasteiger partial charge < -0.3 is 4.90 Å². The Labute approximate surface area is 118 Å². The maximum Gasteiger partial charge on any atom is 0.238 e. The number of halogens is 1. The molecule has 1 aromatic carbocycles. The van der Waals surface area contributed by atoms with Crippen molar-refractivity contribution in [2.75, 3.05) is 6.54 Å². The van der Waals surface area contributed by atoms with E-state index in [2.05, 4.69) is 5.32 Å². The Morgan fingerprint density at radius 3 is 2.40 bits per heavy atom. The summed E-state index contributed by atoms with van der Waals surface area (Å²) in [6.45, 7) is 0.328. The van der Waals surface area contributed by atoms with E-state index in [-0.39, 0.29) is 17.9 Å². The van der Waals surface area contributed by atoms with Gasteiger partial charge in [0.25, 0.3) is 0 Å². The van der Waals surface area contributed by atoms with Crippen molar-refractivity contribution in [2.45, 2.75) is 37.9 Å². The average molecular weight is 274 g/mol. The zero-order chi connectivity index (χ0) is 13.7. The quantitative estimate of drug-likeness (QED) is 0.914. The maximum atomic E-state index is 14.1. The summed E-state index contributed by atoms with van der Waals surface area (Å²) in [5, 5.41) is 3.20. The minimum absolute atomic E-state index is 0.127. The molecular weight excluding hydrogens is 255 g/mol. The largest absolute Gasteiger partial charge is 0.318 e. The van der Waals surface area contributed by atoms with E-state index >= 15 is 0 Å². The standard InChI is InChI=1S/C16H19FN2O/c17-13-4-2-1-3-12(13)16-18-9-14(20)19(16)15(10-5-6-10)11-7-8-11/h1-4,10-11,15-16,18H,5-9H2. The Bertz CT molecular complexity index is 527. The lowest BCUT2D eigenvalue weighted by Gasteiger charge is -2.33. The normalized spacial score (nSPS) is 26.6. The van der Waals surface area contributed by atoms with Crippen molar-refractivity contribution in [1.82, 2.24) is 10.2 Å². The molecule has 1 aromatic rings. The van der Waals surface area contributed by atoms with Crippen LogP contribution in [0.5, 0.6) is 0 Å². The summed E-state index contributed by atoms with van der Waals surface area (Å²) >= 11 is 0. The van der Waals surface area contributed by atoms with Crippen molar-refractivity contribution in [2.24, 2.45) is 11.8 Å². The molecule has 1 aliphatic heterocycles. The lowest BCUT2D eigenvalue weighted by Crippen LogP contribution is -2.42. The number of benzene rings is 1. The van der Waals surface area contributed by atoms with E-state index in [1.807, 2.05) is 11.0 Å². The molecule has 1 saturated heterocycles. The van der Waals surface area contributed by atoms with Crippen molar-refractivity contribution in [3.8, 4) is 0 Å². The maximum absolute atomic E-state index is 14.1. The molecule has 1 heterocycles. The van der Waals surface area contributed by atoms with E-state index in [4.69, 9.17) is 0 Å². The number of hydrogen-bond acceptors (Lipinski definition) is 2. The third-order valence-electron chi connectivity index (χ3n) is 4.74. The number of carbonyl (C=O) groups is 1. The smallest absolute Gasteiger partial charge is 0.238 e. The second-order valence-electron chi connectivity index (χ2n) is 6.27. The molecule has 3 nitrogen and oxygen atoms in total. The van der Waals surface area contributed by atoms with Crippen molar-refractivity contribution in [3.05, 3.63) is 35.6 Å². The van der Waals surface area contributed by atoms with Crippen LogP contribution < -0.4 is 5.32 Å². The van der Waals surface area contributed by atoms with Gasteiger partial charge in [0.1, 0.15) is 12.0 Å².